The van der Waals surface area contributed by atoms with Crippen molar-refractivity contribution in [2.24, 2.45) is 17.8 Å². The fraction of sp³-hybridized carbons (Fsp3) is 0.846. The maximum Gasteiger partial charge on any atom is -0.0185 e. The van der Waals surface area contributed by atoms with Crippen LogP contribution in [0.3, 0.4) is 0 Å². The molecule has 2 unspecified atom stereocenters. The number of hydrogen-bond acceptors (Lipinski definition) is 0. The van der Waals surface area contributed by atoms with Crippen molar-refractivity contribution in [3.05, 3.63) is 12.2 Å². The molecule has 0 aromatic rings. The third kappa shape index (κ3) is 5.13. The Balaban J connectivity index is 4.03. The standard InChI is InChI=1S/C13H26/c1-6-8-10-12(5)13(9-7-2)11(3)4/h7,9,11-13H,6,8,10H2,1-5H3. The molecule has 78 valence electrons. The van der Waals surface area contributed by atoms with E-state index in [1.807, 2.05) is 0 Å². The van der Waals surface area contributed by atoms with Crippen LogP contribution in [0.15, 0.2) is 12.2 Å². The lowest BCUT2D eigenvalue weighted by molar-refractivity contribution is 0.310. The van der Waals surface area contributed by atoms with Gasteiger partial charge in [0.05, 0.1) is 0 Å². The van der Waals surface area contributed by atoms with Gasteiger partial charge in [-0.2, -0.15) is 0 Å². The van der Waals surface area contributed by atoms with Crippen LogP contribution >= 0.6 is 0 Å². The summed E-state index contributed by atoms with van der Waals surface area (Å²) in [4.78, 5) is 0. The zero-order valence-electron chi connectivity index (χ0n) is 10.0. The molecule has 2 atom stereocenters. The van der Waals surface area contributed by atoms with Crippen molar-refractivity contribution in [1.29, 1.82) is 0 Å². The molecule has 0 heterocycles. The van der Waals surface area contributed by atoms with Crippen LogP contribution in [0.1, 0.15) is 53.9 Å². The molecule has 13 heavy (non-hydrogen) atoms. The summed E-state index contributed by atoms with van der Waals surface area (Å²) in [5.74, 6) is 2.40. The summed E-state index contributed by atoms with van der Waals surface area (Å²) < 4.78 is 0. The van der Waals surface area contributed by atoms with Gasteiger partial charge < -0.3 is 0 Å². The van der Waals surface area contributed by atoms with E-state index in [1.54, 1.807) is 0 Å². The lowest BCUT2D eigenvalue weighted by atomic mass is 9.81. The SMILES string of the molecule is CC=CC(C(C)C)C(C)CCCC. The van der Waals surface area contributed by atoms with E-state index in [0.29, 0.717) is 0 Å². The fourth-order valence-electron chi connectivity index (χ4n) is 2.01. The van der Waals surface area contributed by atoms with E-state index < -0.39 is 0 Å². The molecule has 0 amide bonds. The van der Waals surface area contributed by atoms with Gasteiger partial charge in [0, 0.05) is 0 Å². The van der Waals surface area contributed by atoms with Crippen LogP contribution in [0, 0.1) is 17.8 Å². The second-order valence-corrected chi connectivity index (χ2v) is 4.47. The molecule has 0 aliphatic heterocycles. The van der Waals surface area contributed by atoms with Gasteiger partial charge in [-0.1, -0.05) is 59.1 Å². The highest BCUT2D eigenvalue weighted by Crippen LogP contribution is 2.26. The molecular weight excluding hydrogens is 156 g/mol. The zero-order valence-corrected chi connectivity index (χ0v) is 10.0. The van der Waals surface area contributed by atoms with Crippen LogP contribution in [0.2, 0.25) is 0 Å². The van der Waals surface area contributed by atoms with Gasteiger partial charge in [-0.3, -0.25) is 0 Å². The second-order valence-electron chi connectivity index (χ2n) is 4.47. The maximum absolute atomic E-state index is 2.39. The highest BCUT2D eigenvalue weighted by atomic mass is 14.2. The summed E-state index contributed by atoms with van der Waals surface area (Å²) in [5.41, 5.74) is 0. The molecule has 0 nitrogen and oxygen atoms in total. The number of allylic oxidation sites excluding steroid dienone is 2. The van der Waals surface area contributed by atoms with Gasteiger partial charge in [-0.25, -0.2) is 0 Å². The monoisotopic (exact) mass is 182 g/mol. The molecule has 0 rings (SSSR count). The normalized spacial score (nSPS) is 16.8. The van der Waals surface area contributed by atoms with E-state index in [1.165, 1.54) is 19.3 Å². The molecule has 0 N–H and O–H groups in total. The topological polar surface area (TPSA) is 0 Å². The third-order valence-electron chi connectivity index (χ3n) is 2.85. The van der Waals surface area contributed by atoms with Crippen molar-refractivity contribution in [1.82, 2.24) is 0 Å². The lowest BCUT2D eigenvalue weighted by Gasteiger charge is -2.24. The molecule has 0 heteroatoms. The molecule has 0 aliphatic carbocycles. The summed E-state index contributed by atoms with van der Waals surface area (Å²) >= 11 is 0. The van der Waals surface area contributed by atoms with Gasteiger partial charge in [0.2, 0.25) is 0 Å². The van der Waals surface area contributed by atoms with Crippen molar-refractivity contribution in [3.63, 3.8) is 0 Å². The average Bonchev–Trinajstić information content (AvgIpc) is 2.09. The van der Waals surface area contributed by atoms with Crippen LogP contribution in [0.4, 0.5) is 0 Å². The Morgan fingerprint density at radius 2 is 1.77 bits per heavy atom. The van der Waals surface area contributed by atoms with Gasteiger partial charge in [0.25, 0.3) is 0 Å². The Kier molecular flexibility index (Phi) is 7.03. The minimum atomic E-state index is 0.775. The largest absolute Gasteiger partial charge is 0.0914 e. The Labute approximate surface area is 84.4 Å². The number of rotatable bonds is 6. The number of hydrogen-bond donors (Lipinski definition) is 0. The van der Waals surface area contributed by atoms with E-state index in [2.05, 4.69) is 46.8 Å². The number of unbranched alkanes of at least 4 members (excludes halogenated alkanes) is 1. The van der Waals surface area contributed by atoms with Gasteiger partial charge in [0.15, 0.2) is 0 Å². The van der Waals surface area contributed by atoms with E-state index in [4.69, 9.17) is 0 Å². The first-order valence-electron chi connectivity index (χ1n) is 5.76. The Bertz CT molecular complexity index is 133. The summed E-state index contributed by atoms with van der Waals surface area (Å²) in [6.45, 7) is 11.4. The van der Waals surface area contributed by atoms with E-state index in [9.17, 15) is 0 Å². The molecule has 0 bridgehead atoms. The first-order chi connectivity index (χ1) is 6.13. The van der Waals surface area contributed by atoms with Crippen LogP contribution in [0.25, 0.3) is 0 Å². The molecule has 0 fully saturated rings. The molecule has 0 saturated heterocycles. The van der Waals surface area contributed by atoms with Crippen molar-refractivity contribution in [2.75, 3.05) is 0 Å². The van der Waals surface area contributed by atoms with Gasteiger partial charge in [-0.05, 0) is 24.7 Å². The Morgan fingerprint density at radius 3 is 2.15 bits per heavy atom. The highest BCUT2D eigenvalue weighted by Gasteiger charge is 2.16. The summed E-state index contributed by atoms with van der Waals surface area (Å²) in [6, 6.07) is 0. The highest BCUT2D eigenvalue weighted by molar-refractivity contribution is 4.89. The van der Waals surface area contributed by atoms with Crippen LogP contribution in [-0.2, 0) is 0 Å². The quantitative estimate of drug-likeness (QED) is 0.524. The second kappa shape index (κ2) is 7.17. The van der Waals surface area contributed by atoms with Crippen molar-refractivity contribution in [2.45, 2.75) is 53.9 Å². The Hall–Kier alpha value is -0.260. The molecule has 0 spiro atoms. The van der Waals surface area contributed by atoms with Crippen LogP contribution in [0.5, 0.6) is 0 Å². The van der Waals surface area contributed by atoms with Crippen molar-refractivity contribution >= 4 is 0 Å². The Morgan fingerprint density at radius 1 is 1.15 bits per heavy atom. The van der Waals surface area contributed by atoms with Gasteiger partial charge >= 0.3 is 0 Å². The van der Waals surface area contributed by atoms with E-state index in [0.717, 1.165) is 17.8 Å². The first-order valence-corrected chi connectivity index (χ1v) is 5.76. The predicted octanol–water partition coefficient (Wildman–Crippen LogP) is 4.66. The summed E-state index contributed by atoms with van der Waals surface area (Å²) in [6.07, 6.45) is 8.66. The van der Waals surface area contributed by atoms with Gasteiger partial charge in [-0.15, -0.1) is 0 Å². The van der Waals surface area contributed by atoms with Crippen LogP contribution in [-0.4, -0.2) is 0 Å². The third-order valence-corrected chi connectivity index (χ3v) is 2.85. The molecule has 0 aromatic heterocycles. The molecular formula is C13H26. The van der Waals surface area contributed by atoms with Crippen molar-refractivity contribution in [3.8, 4) is 0 Å². The average molecular weight is 182 g/mol. The molecule has 0 aromatic carbocycles. The van der Waals surface area contributed by atoms with Crippen molar-refractivity contribution < 1.29 is 0 Å². The van der Waals surface area contributed by atoms with Gasteiger partial charge in [0.1, 0.15) is 0 Å². The minimum absolute atomic E-state index is 0.775. The maximum atomic E-state index is 2.39. The smallest absolute Gasteiger partial charge is 0.0185 e. The van der Waals surface area contributed by atoms with E-state index >= 15 is 0 Å². The fourth-order valence-corrected chi connectivity index (χ4v) is 2.01. The lowest BCUT2D eigenvalue weighted by Crippen LogP contribution is -2.15. The molecule has 0 aliphatic rings. The zero-order chi connectivity index (χ0) is 10.3. The summed E-state index contributed by atoms with van der Waals surface area (Å²) in [5, 5.41) is 0. The predicted molar refractivity (Wildman–Crippen MR) is 61.8 cm³/mol. The van der Waals surface area contributed by atoms with Crippen LogP contribution < -0.4 is 0 Å². The summed E-state index contributed by atoms with van der Waals surface area (Å²) in [7, 11) is 0. The molecule has 0 radical (unpaired) electrons. The molecule has 0 saturated carbocycles. The first kappa shape index (κ1) is 12.7. The minimum Gasteiger partial charge on any atom is -0.0914 e. The van der Waals surface area contributed by atoms with E-state index in [-0.39, 0.29) is 0 Å².